The number of carbonyl (C=O) groups is 4. The van der Waals surface area contributed by atoms with Gasteiger partial charge in [0.25, 0.3) is 0 Å². The van der Waals surface area contributed by atoms with Crippen LogP contribution in [0.2, 0.25) is 0 Å². The number of hydrogen-bond acceptors (Lipinski definition) is 8. The highest BCUT2D eigenvalue weighted by Crippen LogP contribution is 2.56. The first-order chi connectivity index (χ1) is 15.1. The van der Waals surface area contributed by atoms with Gasteiger partial charge in [-0.15, -0.1) is 0 Å². The van der Waals surface area contributed by atoms with Crippen LogP contribution in [-0.2, 0) is 38.1 Å². The number of hydrogen-bond donors (Lipinski definition) is 0. The first kappa shape index (κ1) is 24.5. The maximum atomic E-state index is 11.8. The van der Waals surface area contributed by atoms with Gasteiger partial charge in [-0.3, -0.25) is 14.4 Å². The Bertz CT molecular complexity index is 744. The largest absolute Gasteiger partial charge is 0.465 e. The zero-order valence-corrected chi connectivity index (χ0v) is 19.8. The maximum absolute atomic E-state index is 11.8. The van der Waals surface area contributed by atoms with Crippen LogP contribution in [0.4, 0.5) is 0 Å². The summed E-state index contributed by atoms with van der Waals surface area (Å²) in [5, 5.41) is 0. The number of esters is 4. The first-order valence-electron chi connectivity index (χ1n) is 11.8. The molecule has 0 aromatic carbocycles. The quantitative estimate of drug-likeness (QED) is 0.447. The molecule has 0 N–H and O–H groups in total. The Morgan fingerprint density at radius 2 is 1.78 bits per heavy atom. The molecule has 0 amide bonds. The Morgan fingerprint density at radius 1 is 1.06 bits per heavy atom. The van der Waals surface area contributed by atoms with E-state index in [0.29, 0.717) is 43.8 Å². The number of cyclic esters (lactones) is 2. The molecule has 4 rings (SSSR count). The molecule has 2 heterocycles. The predicted molar refractivity (Wildman–Crippen MR) is 113 cm³/mol. The van der Waals surface area contributed by atoms with E-state index in [1.807, 2.05) is 20.8 Å². The molecule has 2 aliphatic heterocycles. The van der Waals surface area contributed by atoms with Crippen molar-refractivity contribution in [3.63, 3.8) is 0 Å². The second-order valence-electron chi connectivity index (χ2n) is 10.1. The lowest BCUT2D eigenvalue weighted by atomic mass is 9.80. The Balaban J connectivity index is 0.000000188. The van der Waals surface area contributed by atoms with Gasteiger partial charge >= 0.3 is 23.9 Å². The second-order valence-corrected chi connectivity index (χ2v) is 10.1. The molecule has 2 saturated carbocycles. The van der Waals surface area contributed by atoms with Crippen molar-refractivity contribution in [2.45, 2.75) is 78.9 Å². The molecule has 0 radical (unpaired) electrons. The Hall–Kier alpha value is -2.12. The molecule has 0 aromatic heterocycles. The Morgan fingerprint density at radius 3 is 2.38 bits per heavy atom. The summed E-state index contributed by atoms with van der Waals surface area (Å²) in [4.78, 5) is 46.0. The minimum Gasteiger partial charge on any atom is -0.465 e. The summed E-state index contributed by atoms with van der Waals surface area (Å²) in [7, 11) is 0. The summed E-state index contributed by atoms with van der Waals surface area (Å²) in [6.45, 7) is 10.3. The lowest BCUT2D eigenvalue weighted by Gasteiger charge is -2.29. The normalized spacial score (nSPS) is 33.5. The summed E-state index contributed by atoms with van der Waals surface area (Å²) in [5.74, 6) is 0.218. The Kier molecular flexibility index (Phi) is 7.50. The number of fused-ring (bicyclic) bond motifs is 5. The molecule has 0 aromatic rings. The summed E-state index contributed by atoms with van der Waals surface area (Å²) in [6, 6.07) is 0. The lowest BCUT2D eigenvalue weighted by molar-refractivity contribution is -0.167. The summed E-state index contributed by atoms with van der Waals surface area (Å²) in [6.07, 6.45) is 3.19. The van der Waals surface area contributed by atoms with Crippen molar-refractivity contribution >= 4 is 23.9 Å². The third-order valence-electron chi connectivity index (χ3n) is 7.65. The van der Waals surface area contributed by atoms with Gasteiger partial charge in [-0.05, 0) is 45.4 Å². The van der Waals surface area contributed by atoms with E-state index in [1.165, 1.54) is 0 Å². The van der Waals surface area contributed by atoms with Crippen LogP contribution >= 0.6 is 0 Å². The number of ether oxygens (including phenoxy) is 4. The third kappa shape index (κ3) is 4.94. The van der Waals surface area contributed by atoms with Gasteiger partial charge in [-0.25, -0.2) is 4.79 Å². The zero-order chi connectivity index (χ0) is 23.6. The molecular formula is C24H36O8. The number of carbonyl (C=O) groups excluding carboxylic acids is 4. The van der Waals surface area contributed by atoms with Crippen LogP contribution in [0.1, 0.15) is 66.7 Å². The van der Waals surface area contributed by atoms with Crippen LogP contribution in [0.5, 0.6) is 0 Å². The first-order valence-corrected chi connectivity index (χ1v) is 11.8. The van der Waals surface area contributed by atoms with Crippen molar-refractivity contribution < 1.29 is 38.1 Å². The molecule has 4 aliphatic rings. The molecule has 7 atom stereocenters. The molecule has 8 heteroatoms. The van der Waals surface area contributed by atoms with Crippen molar-refractivity contribution in [1.82, 2.24) is 0 Å². The third-order valence-corrected chi connectivity index (χ3v) is 7.65. The van der Waals surface area contributed by atoms with Crippen molar-refractivity contribution in [3.8, 4) is 0 Å². The molecule has 32 heavy (non-hydrogen) atoms. The minimum atomic E-state index is -0.687. The Labute approximate surface area is 189 Å². The van der Waals surface area contributed by atoms with Gasteiger partial charge in [0.05, 0.1) is 30.5 Å². The van der Waals surface area contributed by atoms with E-state index in [2.05, 4.69) is 0 Å². The van der Waals surface area contributed by atoms with Gasteiger partial charge in [0, 0.05) is 18.3 Å². The zero-order valence-electron chi connectivity index (χ0n) is 19.8. The van der Waals surface area contributed by atoms with Gasteiger partial charge < -0.3 is 18.9 Å². The van der Waals surface area contributed by atoms with Gasteiger partial charge in [0.1, 0.15) is 6.10 Å². The second kappa shape index (κ2) is 9.79. The molecule has 0 spiro atoms. The molecule has 2 aliphatic carbocycles. The smallest absolute Gasteiger partial charge is 0.347 e. The van der Waals surface area contributed by atoms with Crippen LogP contribution in [-0.4, -0.2) is 49.3 Å². The van der Waals surface area contributed by atoms with Gasteiger partial charge in [-0.2, -0.15) is 0 Å². The van der Waals surface area contributed by atoms with Crippen molar-refractivity contribution in [3.05, 3.63) is 0 Å². The summed E-state index contributed by atoms with van der Waals surface area (Å²) in [5.41, 5.74) is -0.525. The molecule has 4 fully saturated rings. The highest BCUT2D eigenvalue weighted by molar-refractivity contribution is 5.82. The fraction of sp³-hybridized carbons (Fsp3) is 0.833. The fourth-order valence-electron chi connectivity index (χ4n) is 4.88. The summed E-state index contributed by atoms with van der Waals surface area (Å²) < 4.78 is 20.5. The van der Waals surface area contributed by atoms with E-state index in [9.17, 15) is 19.2 Å². The van der Waals surface area contributed by atoms with Gasteiger partial charge in [0.2, 0.25) is 6.10 Å². The van der Waals surface area contributed by atoms with Crippen LogP contribution < -0.4 is 0 Å². The highest BCUT2D eigenvalue weighted by Gasteiger charge is 2.60. The van der Waals surface area contributed by atoms with E-state index >= 15 is 0 Å². The van der Waals surface area contributed by atoms with Crippen LogP contribution in [0, 0.1) is 35.0 Å². The summed E-state index contributed by atoms with van der Waals surface area (Å²) >= 11 is 0. The SMILES string of the molecule is CCC(C)(C)C(=O)OC1CCOC1=O.CCC(C)C(=O)OC1CC2CC1C1COC(=O)C21. The monoisotopic (exact) mass is 452 g/mol. The minimum absolute atomic E-state index is 0.0206. The standard InChI is InChI=1S/C14H20O4.C10H16O4/c1-3-7(2)13(15)18-11-5-8-4-9(11)10-6-17-14(16)12(8)10;1-4-10(2,3)9(12)14-7-5-6-13-8(7)11/h7-12H,3-6H2,1-2H3;7H,4-6H2,1-3H3. The van der Waals surface area contributed by atoms with Gasteiger partial charge in [-0.1, -0.05) is 20.8 Å². The average molecular weight is 453 g/mol. The van der Waals surface area contributed by atoms with Crippen molar-refractivity contribution in [1.29, 1.82) is 0 Å². The molecule has 2 bridgehead atoms. The van der Waals surface area contributed by atoms with Crippen LogP contribution in [0.25, 0.3) is 0 Å². The van der Waals surface area contributed by atoms with E-state index < -0.39 is 17.5 Å². The van der Waals surface area contributed by atoms with Crippen molar-refractivity contribution in [2.24, 2.45) is 35.0 Å². The maximum Gasteiger partial charge on any atom is 0.347 e. The predicted octanol–water partition coefficient (Wildman–Crippen LogP) is 3.05. The van der Waals surface area contributed by atoms with E-state index in [1.54, 1.807) is 13.8 Å². The van der Waals surface area contributed by atoms with Crippen LogP contribution in [0.3, 0.4) is 0 Å². The number of rotatable bonds is 6. The highest BCUT2D eigenvalue weighted by atomic mass is 16.6. The lowest BCUT2D eigenvalue weighted by Crippen LogP contribution is -2.35. The average Bonchev–Trinajstić information content (AvgIpc) is 3.53. The van der Waals surface area contributed by atoms with E-state index in [-0.39, 0.29) is 35.8 Å². The topological polar surface area (TPSA) is 105 Å². The van der Waals surface area contributed by atoms with Gasteiger partial charge in [0.15, 0.2) is 0 Å². The molecule has 180 valence electrons. The van der Waals surface area contributed by atoms with Crippen molar-refractivity contribution in [2.75, 3.05) is 13.2 Å². The fourth-order valence-corrected chi connectivity index (χ4v) is 4.88. The molecule has 8 nitrogen and oxygen atoms in total. The molecular weight excluding hydrogens is 416 g/mol. The molecule has 7 unspecified atom stereocenters. The van der Waals surface area contributed by atoms with E-state index in [4.69, 9.17) is 18.9 Å². The van der Waals surface area contributed by atoms with Crippen LogP contribution in [0.15, 0.2) is 0 Å². The van der Waals surface area contributed by atoms with E-state index in [0.717, 1.165) is 19.3 Å². The molecule has 2 saturated heterocycles.